The summed E-state index contributed by atoms with van der Waals surface area (Å²) in [7, 11) is 16.2. The first-order valence-electron chi connectivity index (χ1n) is 37.0. The molecule has 0 aliphatic rings. The van der Waals surface area contributed by atoms with Gasteiger partial charge < -0.3 is 36.7 Å². The number of rotatable bonds is 3. The molecule has 14 aromatic heterocycles. The highest BCUT2D eigenvalue weighted by Gasteiger charge is 2.19. The van der Waals surface area contributed by atoms with Gasteiger partial charge in [-0.1, -0.05) is 160 Å². The summed E-state index contributed by atoms with van der Waals surface area (Å²) >= 11 is 11.8. The molecule has 0 saturated carbocycles. The van der Waals surface area contributed by atoms with Crippen LogP contribution in [-0.2, 0) is 55.8 Å². The first-order valence-corrected chi connectivity index (χ1v) is 39.3. The molecule has 0 fully saturated rings. The molecule has 7 aromatic carbocycles. The van der Waals surface area contributed by atoms with Gasteiger partial charge in [-0.15, -0.1) is 0 Å². The van der Waals surface area contributed by atoms with Gasteiger partial charge in [-0.05, 0) is 157 Å². The summed E-state index contributed by atoms with van der Waals surface area (Å²) in [6.07, 6.45) is 10.6. The minimum Gasteiger partial charge on any atom is -0.479 e. The van der Waals surface area contributed by atoms with E-state index >= 15 is 0 Å². The third-order valence-corrected chi connectivity index (χ3v) is 22.7. The molecule has 0 aliphatic heterocycles. The molecule has 0 spiro atoms. The molecular weight excluding hydrogens is 1570 g/mol. The summed E-state index contributed by atoms with van der Waals surface area (Å²) in [5.41, 5.74) is 22.6. The Morgan fingerprint density at radius 3 is 1.22 bits per heavy atom. The minimum absolute atomic E-state index is 0.440. The van der Waals surface area contributed by atoms with Gasteiger partial charge in [0.25, 0.3) is 0 Å². The Labute approximate surface area is 670 Å². The number of hydrogen-bond acceptors (Lipinski definition) is 8. The molecule has 15 nitrogen and oxygen atoms in total. The van der Waals surface area contributed by atoms with E-state index in [4.69, 9.17) is 21.3 Å². The maximum atomic E-state index is 6.01. The molecule has 111 heavy (non-hydrogen) atoms. The van der Waals surface area contributed by atoms with Gasteiger partial charge in [0, 0.05) is 193 Å². The fraction of sp³-hybridized carbons (Fsp3) is 0.172. The normalized spacial score (nSPS) is 11.4. The van der Waals surface area contributed by atoms with Crippen LogP contribution >= 0.6 is 50.1 Å². The molecule has 0 bridgehead atoms. The van der Waals surface area contributed by atoms with Gasteiger partial charge in [0.15, 0.2) is 0 Å². The van der Waals surface area contributed by atoms with Crippen LogP contribution in [0.5, 0.6) is 5.88 Å². The lowest BCUT2D eigenvalue weighted by Gasteiger charge is -2.09. The van der Waals surface area contributed by atoms with E-state index in [9.17, 15) is 0 Å². The number of aromatic nitrogens is 14. The Balaban J connectivity index is 0.000000103. The van der Waals surface area contributed by atoms with E-state index in [1.165, 1.54) is 131 Å². The molecule has 14 heterocycles. The Kier molecular flexibility index (Phi) is 21.2. The minimum atomic E-state index is 0.440. The lowest BCUT2D eigenvalue weighted by atomic mass is 10.1. The van der Waals surface area contributed by atoms with Crippen molar-refractivity contribution in [1.82, 2.24) is 66.9 Å². The van der Waals surface area contributed by atoms with Gasteiger partial charge in [0.1, 0.15) is 19.0 Å². The number of benzene rings is 7. The van der Waals surface area contributed by atoms with E-state index in [0.29, 0.717) is 17.0 Å². The summed E-state index contributed by atoms with van der Waals surface area (Å²) in [5.74, 6) is 1.00. The van der Waals surface area contributed by atoms with Crippen molar-refractivity contribution in [3.8, 4) is 5.88 Å². The first kappa shape index (κ1) is 74.9. The fourth-order valence-electron chi connectivity index (χ4n) is 15.9. The van der Waals surface area contributed by atoms with Gasteiger partial charge in [0.05, 0.1) is 70.2 Å². The number of para-hydroxylation sites is 7. The quantitative estimate of drug-likeness (QED) is 0.126. The van der Waals surface area contributed by atoms with Crippen LogP contribution in [-0.4, -0.2) is 74.0 Å². The van der Waals surface area contributed by atoms with E-state index in [-0.39, 0.29) is 0 Å². The topological polar surface area (TPSA) is 134 Å². The highest BCUT2D eigenvalue weighted by Crippen LogP contribution is 2.38. The third kappa shape index (κ3) is 13.9. The monoisotopic (exact) mass is 1650 g/mol. The number of pyridine rings is 7. The molecule has 21 rings (SSSR count). The first-order chi connectivity index (χ1) is 53.7. The Hall–Kier alpha value is -11.5. The smallest absolute Gasteiger partial charge is 0.239 e. The van der Waals surface area contributed by atoms with Crippen LogP contribution in [0.4, 0.5) is 0 Å². The van der Waals surface area contributed by atoms with Crippen LogP contribution in [0.15, 0.2) is 248 Å². The van der Waals surface area contributed by atoms with Crippen LogP contribution < -0.4 is 4.74 Å². The van der Waals surface area contributed by atoms with Gasteiger partial charge in [-0.3, -0.25) is 19.9 Å². The fourth-order valence-corrected chi connectivity index (χ4v) is 17.1. The lowest BCUT2D eigenvalue weighted by Crippen LogP contribution is -1.99. The van der Waals surface area contributed by atoms with Crippen molar-refractivity contribution < 1.29 is 4.74 Å². The van der Waals surface area contributed by atoms with Crippen molar-refractivity contribution in [3.63, 3.8) is 0 Å². The number of methoxy groups -OCH3 is 1. The van der Waals surface area contributed by atoms with Crippen molar-refractivity contribution in [3.05, 3.63) is 285 Å². The molecule has 0 atom stereocenters. The second kappa shape index (κ2) is 31.5. The number of ether oxygens (including phenoxy) is 1. The Bertz CT molecular complexity index is 6860. The zero-order chi connectivity index (χ0) is 77.6. The summed E-state index contributed by atoms with van der Waals surface area (Å²) in [6, 6.07) is 73.7. The van der Waals surface area contributed by atoms with E-state index in [2.05, 4.69) is 371 Å². The van der Waals surface area contributed by atoms with E-state index < -0.39 is 0 Å². The van der Waals surface area contributed by atoms with Crippen molar-refractivity contribution >= 4 is 203 Å². The highest BCUT2D eigenvalue weighted by molar-refractivity contribution is 14.1. The predicted molar refractivity (Wildman–Crippen MR) is 477 cm³/mol. The molecule has 0 amide bonds. The van der Waals surface area contributed by atoms with Crippen LogP contribution in [0.3, 0.4) is 0 Å². The second-order valence-electron chi connectivity index (χ2n) is 28.3. The summed E-state index contributed by atoms with van der Waals surface area (Å²) < 4.78 is 22.6. The summed E-state index contributed by atoms with van der Waals surface area (Å²) in [4.78, 5) is 30.7. The molecule has 0 saturated heterocycles. The number of fused-ring (bicyclic) bond motifs is 21. The Morgan fingerprint density at radius 1 is 0.369 bits per heavy atom. The van der Waals surface area contributed by atoms with Crippen LogP contribution in [0, 0.1) is 24.5 Å². The largest absolute Gasteiger partial charge is 0.479 e. The third-order valence-electron chi connectivity index (χ3n) is 21.3. The van der Waals surface area contributed by atoms with Gasteiger partial charge in [0.2, 0.25) is 5.88 Å². The standard InChI is InChI=1S/C16H18N2.C14H14N2.C13H11ClN2O.2C13H12N2.C12H9BrN2.C12H9IN2/c1-10(2)15-16-13(9-11(3)17-15)12-7-5-6-8-14(12)18(16)4;1-3-10-8-12-11-6-4-5-7-13(11)16(2)14(12)9-15-10;1-16-10-6-4-3-5-8(10)9-7-11(14)15-13(17-2)12(9)16;1-9-7-11-10-5-3-4-6-12(10)15(2)13(11)8-14-9;1-9-13-11(7-8-14-9)10-5-3-4-6-12(10)15(13)2;1-15-10-5-3-2-4-8(10)9-6-7-14-12(13)11(9)15;1-15-10-5-3-2-4-8(10)9-6-12(13)14-7-11(9)15/h5-10H,1-4H3;4-9H,3H2,1-2H3;3-7H,1-2H3;2*3-8H,1-2H3;2*2-7H,1H3. The van der Waals surface area contributed by atoms with Crippen LogP contribution in [0.2, 0.25) is 5.15 Å². The van der Waals surface area contributed by atoms with Gasteiger partial charge in [-0.2, -0.15) is 4.98 Å². The molecule has 0 N–H and O–H groups in total. The van der Waals surface area contributed by atoms with E-state index in [1.807, 2.05) is 63.2 Å². The molecular formula is C93H85BrClIN14O. The Morgan fingerprint density at radius 2 is 0.739 bits per heavy atom. The number of nitrogens with zero attached hydrogens (tertiary/aromatic N) is 14. The lowest BCUT2D eigenvalue weighted by molar-refractivity contribution is 0.401. The highest BCUT2D eigenvalue weighted by atomic mass is 127. The molecule has 0 aliphatic carbocycles. The second-order valence-corrected chi connectivity index (χ2v) is 30.5. The summed E-state index contributed by atoms with van der Waals surface area (Å²) in [5, 5.41) is 18.3. The SMILES string of the molecule is CCc1cc2c3ccccc3n(C)c2cn1.COc1nc(Cl)cc2c3ccccc3n(C)c12.Cc1cc2c3ccccc3n(C)c2c(C(C)C)n1.Cc1cc2c3ccccc3n(C)c2cn1.Cc1nccc2c3ccccc3n(C)c12.Cn1c2ccccc2c2cc(I)ncc21.Cn1c2ccccc2c2ccnc(Br)c21. The van der Waals surface area contributed by atoms with Crippen molar-refractivity contribution in [1.29, 1.82) is 0 Å². The van der Waals surface area contributed by atoms with Crippen LogP contribution in [0.25, 0.3) is 153 Å². The average Bonchev–Trinajstić information content (AvgIpc) is 1.70. The summed E-state index contributed by atoms with van der Waals surface area (Å²) in [6.45, 7) is 12.7. The number of aryl methyl sites for hydroxylation is 11. The predicted octanol–water partition coefficient (Wildman–Crippen LogP) is 23.7. The van der Waals surface area contributed by atoms with E-state index in [0.717, 1.165) is 64.8 Å². The van der Waals surface area contributed by atoms with E-state index in [1.54, 1.807) is 7.11 Å². The molecule has 18 heteroatoms. The number of halogens is 3. The average molecular weight is 1660 g/mol. The zero-order valence-electron chi connectivity index (χ0n) is 64.7. The van der Waals surface area contributed by atoms with Crippen molar-refractivity contribution in [2.75, 3.05) is 7.11 Å². The van der Waals surface area contributed by atoms with Gasteiger partial charge >= 0.3 is 0 Å². The van der Waals surface area contributed by atoms with Gasteiger partial charge in [-0.25, -0.2) is 9.97 Å². The van der Waals surface area contributed by atoms with Crippen molar-refractivity contribution in [2.24, 2.45) is 49.3 Å². The number of hydrogen-bond donors (Lipinski definition) is 0. The molecule has 21 aromatic rings. The van der Waals surface area contributed by atoms with Crippen molar-refractivity contribution in [2.45, 2.75) is 53.9 Å². The molecule has 554 valence electrons. The zero-order valence-corrected chi connectivity index (χ0v) is 69.2. The maximum Gasteiger partial charge on any atom is 0.239 e. The maximum absolute atomic E-state index is 6.01. The molecule has 0 radical (unpaired) electrons. The van der Waals surface area contributed by atoms with Crippen LogP contribution in [0.1, 0.15) is 55.2 Å². The molecule has 0 unspecified atom stereocenters.